The van der Waals surface area contributed by atoms with E-state index in [0.717, 1.165) is 11.3 Å². The first-order valence-electron chi connectivity index (χ1n) is 4.60. The minimum absolute atomic E-state index is 0.214. The van der Waals surface area contributed by atoms with E-state index in [1.54, 1.807) is 7.05 Å². The molecule has 0 saturated heterocycles. The molecule has 0 aromatic rings. The maximum atomic E-state index is 4.18. The van der Waals surface area contributed by atoms with E-state index in [2.05, 4.69) is 45.3 Å². The Kier molecular flexibility index (Phi) is 4.12. The van der Waals surface area contributed by atoms with Gasteiger partial charge in [-0.1, -0.05) is 32.9 Å². The molecule has 13 heavy (non-hydrogen) atoms. The summed E-state index contributed by atoms with van der Waals surface area (Å²) in [5, 5.41) is 0. The van der Waals surface area contributed by atoms with E-state index in [9.17, 15) is 0 Å². The van der Waals surface area contributed by atoms with Gasteiger partial charge >= 0.3 is 0 Å². The van der Waals surface area contributed by atoms with Crippen LogP contribution in [0.4, 0.5) is 0 Å². The summed E-state index contributed by atoms with van der Waals surface area (Å²) in [4.78, 5) is 4.18. The fourth-order valence-electron chi connectivity index (χ4n) is 0.800. The van der Waals surface area contributed by atoms with E-state index in [0.29, 0.717) is 0 Å². The van der Waals surface area contributed by atoms with Crippen LogP contribution in [0, 0.1) is 5.41 Å². The van der Waals surface area contributed by atoms with Gasteiger partial charge in [-0.25, -0.2) is 0 Å². The molecule has 0 saturated carbocycles. The Bertz CT molecular complexity index is 249. The highest BCUT2D eigenvalue weighted by atomic mass is 14.7. The lowest BCUT2D eigenvalue weighted by molar-refractivity contribution is 0.504. The lowest BCUT2D eigenvalue weighted by Gasteiger charge is -2.19. The van der Waals surface area contributed by atoms with E-state index in [4.69, 9.17) is 0 Å². The molecule has 0 aromatic heterocycles. The Balaban J connectivity index is 4.85. The summed E-state index contributed by atoms with van der Waals surface area (Å²) in [6.45, 7) is 14.6. The van der Waals surface area contributed by atoms with Crippen molar-refractivity contribution < 1.29 is 0 Å². The summed E-state index contributed by atoms with van der Waals surface area (Å²) in [6, 6.07) is 0. The van der Waals surface area contributed by atoms with E-state index >= 15 is 0 Å². The molecule has 1 heteroatoms. The Labute approximate surface area is 82.3 Å². The molecule has 1 nitrogen and oxygen atoms in total. The van der Waals surface area contributed by atoms with Gasteiger partial charge in [0.05, 0.1) is 5.71 Å². The summed E-state index contributed by atoms with van der Waals surface area (Å²) in [7, 11) is 1.80. The zero-order valence-electron chi connectivity index (χ0n) is 9.73. The van der Waals surface area contributed by atoms with Crippen LogP contribution >= 0.6 is 0 Å². The van der Waals surface area contributed by atoms with Crippen LogP contribution in [0.1, 0.15) is 34.6 Å². The van der Waals surface area contributed by atoms with Crippen LogP contribution in [-0.2, 0) is 0 Å². The van der Waals surface area contributed by atoms with Crippen LogP contribution in [0.2, 0.25) is 0 Å². The van der Waals surface area contributed by atoms with Crippen molar-refractivity contribution in [2.75, 3.05) is 7.05 Å². The van der Waals surface area contributed by atoms with Crippen LogP contribution in [0.3, 0.4) is 0 Å². The molecule has 0 atom stereocenters. The smallest absolute Gasteiger partial charge is 0.0593 e. The van der Waals surface area contributed by atoms with Gasteiger partial charge in [-0.15, -0.1) is 0 Å². The fraction of sp³-hybridized carbons (Fsp3) is 0.583. The van der Waals surface area contributed by atoms with Gasteiger partial charge in [0.2, 0.25) is 0 Å². The van der Waals surface area contributed by atoms with Crippen LogP contribution in [-0.4, -0.2) is 12.8 Å². The number of allylic oxidation sites excluding steroid dienone is 3. The summed E-state index contributed by atoms with van der Waals surface area (Å²) >= 11 is 0. The second kappa shape index (κ2) is 4.40. The molecule has 0 radical (unpaired) electrons. The minimum atomic E-state index is 0.214. The predicted octanol–water partition coefficient (Wildman–Crippen LogP) is 3.63. The first-order chi connectivity index (χ1) is 5.79. The Morgan fingerprint density at radius 3 is 1.92 bits per heavy atom. The lowest BCUT2D eigenvalue weighted by Crippen LogP contribution is -2.09. The number of aliphatic imine (C=N–C) groups is 1. The van der Waals surface area contributed by atoms with Crippen molar-refractivity contribution >= 4 is 5.71 Å². The average molecular weight is 179 g/mol. The maximum absolute atomic E-state index is 4.18. The van der Waals surface area contributed by atoms with Gasteiger partial charge in [0.1, 0.15) is 0 Å². The molecule has 0 heterocycles. The summed E-state index contributed by atoms with van der Waals surface area (Å²) in [6.07, 6.45) is 2.11. The van der Waals surface area contributed by atoms with E-state index < -0.39 is 0 Å². The van der Waals surface area contributed by atoms with Crippen LogP contribution in [0.5, 0.6) is 0 Å². The van der Waals surface area contributed by atoms with Gasteiger partial charge < -0.3 is 0 Å². The molecule has 0 fully saturated rings. The van der Waals surface area contributed by atoms with Crippen molar-refractivity contribution in [1.29, 1.82) is 0 Å². The van der Waals surface area contributed by atoms with E-state index in [1.165, 1.54) is 5.57 Å². The molecular formula is C12H21N. The first kappa shape index (κ1) is 12.2. The quantitative estimate of drug-likeness (QED) is 0.574. The molecule has 0 amide bonds. The Morgan fingerprint density at radius 2 is 1.69 bits per heavy atom. The van der Waals surface area contributed by atoms with Crippen molar-refractivity contribution in [2.24, 2.45) is 10.4 Å². The van der Waals surface area contributed by atoms with Gasteiger partial charge in [-0.3, -0.25) is 4.99 Å². The van der Waals surface area contributed by atoms with Crippen molar-refractivity contribution in [1.82, 2.24) is 0 Å². The monoisotopic (exact) mass is 179 g/mol. The van der Waals surface area contributed by atoms with Crippen molar-refractivity contribution in [3.05, 3.63) is 23.8 Å². The number of hydrogen-bond donors (Lipinski definition) is 0. The molecule has 0 N–H and O–H groups in total. The normalized spacial score (nSPS) is 14.6. The second-order valence-corrected chi connectivity index (χ2v) is 4.47. The molecule has 0 aliphatic carbocycles. The van der Waals surface area contributed by atoms with Crippen LogP contribution in [0.25, 0.3) is 0 Å². The van der Waals surface area contributed by atoms with Crippen molar-refractivity contribution in [2.45, 2.75) is 34.6 Å². The van der Waals surface area contributed by atoms with Gasteiger partial charge in [-0.05, 0) is 30.9 Å². The molecule has 0 aliphatic heterocycles. The van der Waals surface area contributed by atoms with Gasteiger partial charge in [0.15, 0.2) is 0 Å². The molecule has 0 aromatic carbocycles. The van der Waals surface area contributed by atoms with Gasteiger partial charge in [-0.2, -0.15) is 0 Å². The Hall–Kier alpha value is -0.850. The molecule has 74 valence electrons. The highest BCUT2D eigenvalue weighted by molar-refractivity contribution is 6.07. The third-order valence-electron chi connectivity index (χ3n) is 2.21. The van der Waals surface area contributed by atoms with Crippen molar-refractivity contribution in [3.8, 4) is 0 Å². The standard InChI is InChI=1S/C12H21N/c1-9(2)11(13-7)8-10(3)12(4,5)6/h8H,1H2,2-7H3/b10-8+,13-11+. The topological polar surface area (TPSA) is 12.4 Å². The predicted molar refractivity (Wildman–Crippen MR) is 61.4 cm³/mol. The largest absolute Gasteiger partial charge is 0.288 e. The third kappa shape index (κ3) is 4.07. The van der Waals surface area contributed by atoms with E-state index in [1.807, 2.05) is 6.92 Å². The molecule has 0 unspecified atom stereocenters. The highest BCUT2D eigenvalue weighted by Crippen LogP contribution is 2.24. The molecular weight excluding hydrogens is 158 g/mol. The fourth-order valence-corrected chi connectivity index (χ4v) is 0.800. The van der Waals surface area contributed by atoms with Gasteiger partial charge in [0, 0.05) is 7.05 Å². The highest BCUT2D eigenvalue weighted by Gasteiger charge is 2.12. The minimum Gasteiger partial charge on any atom is -0.288 e. The number of rotatable bonds is 2. The average Bonchev–Trinajstić information content (AvgIpc) is 1.96. The molecule has 0 rings (SSSR count). The number of hydrogen-bond acceptors (Lipinski definition) is 1. The molecule has 0 spiro atoms. The zero-order valence-corrected chi connectivity index (χ0v) is 9.73. The Morgan fingerprint density at radius 1 is 1.23 bits per heavy atom. The molecule has 0 aliphatic rings. The lowest BCUT2D eigenvalue weighted by atomic mass is 9.86. The summed E-state index contributed by atoms with van der Waals surface area (Å²) < 4.78 is 0. The van der Waals surface area contributed by atoms with Crippen molar-refractivity contribution in [3.63, 3.8) is 0 Å². The SMILES string of the molecule is C=C(C)C(/C=C(\C)C(C)(C)C)=N/C. The van der Waals surface area contributed by atoms with Crippen LogP contribution in [0.15, 0.2) is 28.8 Å². The van der Waals surface area contributed by atoms with Crippen LogP contribution < -0.4 is 0 Å². The summed E-state index contributed by atoms with van der Waals surface area (Å²) in [5.74, 6) is 0. The number of nitrogens with zero attached hydrogens (tertiary/aromatic N) is 1. The maximum Gasteiger partial charge on any atom is 0.0593 e. The van der Waals surface area contributed by atoms with Gasteiger partial charge in [0.25, 0.3) is 0 Å². The first-order valence-corrected chi connectivity index (χ1v) is 4.60. The zero-order chi connectivity index (χ0) is 10.6. The third-order valence-corrected chi connectivity index (χ3v) is 2.21. The van der Waals surface area contributed by atoms with E-state index in [-0.39, 0.29) is 5.41 Å². The second-order valence-electron chi connectivity index (χ2n) is 4.47. The summed E-state index contributed by atoms with van der Waals surface area (Å²) in [5.41, 5.74) is 3.56. The molecule has 0 bridgehead atoms.